The predicted octanol–water partition coefficient (Wildman–Crippen LogP) is 6.88. The van der Waals surface area contributed by atoms with Crippen LogP contribution in [0.2, 0.25) is 0 Å². The van der Waals surface area contributed by atoms with Gasteiger partial charge in [-0.25, -0.2) is 4.98 Å². The molecule has 0 N–H and O–H groups in total. The first-order chi connectivity index (χ1) is 25.4. The Morgan fingerprint density at radius 1 is 0.481 bits per heavy atom. The monoisotopic (exact) mass is 653 g/mol. The summed E-state index contributed by atoms with van der Waals surface area (Å²) in [5.41, 5.74) is 12.1. The lowest BCUT2D eigenvalue weighted by atomic mass is 9.66. The zero-order chi connectivity index (χ0) is 35.5. The van der Waals surface area contributed by atoms with Crippen molar-refractivity contribution in [3.05, 3.63) is 151 Å². The molecule has 0 fully saturated rings. The van der Waals surface area contributed by atoms with Gasteiger partial charge in [-0.3, -0.25) is 9.55 Å². The predicted molar refractivity (Wildman–Crippen MR) is 222 cm³/mol. The van der Waals surface area contributed by atoms with Crippen molar-refractivity contribution in [1.29, 1.82) is 0 Å². The highest BCUT2D eigenvalue weighted by Gasteiger charge is 2.22. The van der Waals surface area contributed by atoms with Gasteiger partial charge in [0.1, 0.15) is 37.2 Å². The molecule has 0 atom stereocenters. The molecule has 3 nitrogen and oxygen atoms in total. The summed E-state index contributed by atoms with van der Waals surface area (Å²) in [6.07, 6.45) is 3.71. The molecule has 7 aromatic carbocycles. The first-order valence-electron chi connectivity index (χ1n) is 17.2. The van der Waals surface area contributed by atoms with E-state index in [0.717, 1.165) is 55.2 Å². The van der Waals surface area contributed by atoms with E-state index in [0.29, 0.717) is 38.9 Å². The Kier molecular flexibility index (Phi) is 7.73. The van der Waals surface area contributed by atoms with Gasteiger partial charge in [0, 0.05) is 29.2 Å². The number of pyridine rings is 1. The van der Waals surface area contributed by atoms with E-state index >= 15 is 0 Å². The number of nitrogens with zero attached hydrogens (tertiary/aromatic N) is 3. The number of hydrogen-bond acceptors (Lipinski definition) is 2. The number of hydrogen-bond donors (Lipinski definition) is 0. The number of fused-ring (bicyclic) bond motifs is 3. The fraction of sp³-hybridized carbons (Fsp3) is 0.0222. The van der Waals surface area contributed by atoms with E-state index in [9.17, 15) is 0 Å². The van der Waals surface area contributed by atoms with Crippen molar-refractivity contribution >= 4 is 85.8 Å². The highest BCUT2D eigenvalue weighted by atomic mass is 15.1. The van der Waals surface area contributed by atoms with Crippen LogP contribution in [0.4, 0.5) is 0 Å². The van der Waals surface area contributed by atoms with Crippen molar-refractivity contribution in [2.75, 3.05) is 0 Å². The molecule has 0 unspecified atom stereocenters. The molecule has 9 aromatic rings. The molecule has 0 bridgehead atoms. The van der Waals surface area contributed by atoms with Crippen LogP contribution in [-0.2, 0) is 0 Å². The first kappa shape index (κ1) is 31.9. The van der Waals surface area contributed by atoms with Crippen LogP contribution in [0.15, 0.2) is 146 Å². The van der Waals surface area contributed by atoms with Crippen LogP contribution < -0.4 is 21.9 Å². The molecule has 234 valence electrons. The molecule has 8 radical (unpaired) electrons. The van der Waals surface area contributed by atoms with Crippen LogP contribution in [0.5, 0.6) is 0 Å². The summed E-state index contributed by atoms with van der Waals surface area (Å²) in [5.74, 6) is 0.697. The lowest BCUT2D eigenvalue weighted by Gasteiger charge is -2.23. The lowest BCUT2D eigenvalue weighted by Crippen LogP contribution is -2.47. The molecule has 0 saturated heterocycles. The maximum atomic E-state index is 6.76. The molecule has 0 aliphatic carbocycles. The molecule has 0 spiro atoms. The third-order valence-corrected chi connectivity index (χ3v) is 10.2. The summed E-state index contributed by atoms with van der Waals surface area (Å²) in [6.45, 7) is 1.86. The third kappa shape index (κ3) is 5.03. The highest BCUT2D eigenvalue weighted by molar-refractivity contribution is 6.61. The van der Waals surface area contributed by atoms with Crippen LogP contribution in [0.1, 0.15) is 5.56 Å². The average molecular weight is 653 g/mol. The summed E-state index contributed by atoms with van der Waals surface area (Å²) in [5, 5.41) is 4.66. The molecule has 0 aliphatic rings. The van der Waals surface area contributed by atoms with Crippen molar-refractivity contribution in [3.8, 4) is 50.5 Å². The van der Waals surface area contributed by atoms with E-state index in [2.05, 4.69) is 108 Å². The van der Waals surface area contributed by atoms with E-state index in [-0.39, 0.29) is 0 Å². The van der Waals surface area contributed by atoms with Gasteiger partial charge in [0.15, 0.2) is 0 Å². The smallest absolute Gasteiger partial charge is 0.145 e. The molecular weight excluding hydrogens is 626 g/mol. The van der Waals surface area contributed by atoms with Gasteiger partial charge < -0.3 is 0 Å². The van der Waals surface area contributed by atoms with Gasteiger partial charge >= 0.3 is 0 Å². The van der Waals surface area contributed by atoms with Crippen LogP contribution >= 0.6 is 0 Å². The fourth-order valence-electron chi connectivity index (χ4n) is 7.58. The molecule has 0 saturated carbocycles. The minimum atomic E-state index is 0.309. The minimum Gasteiger partial charge on any atom is -0.294 e. The fourth-order valence-corrected chi connectivity index (χ4v) is 7.58. The van der Waals surface area contributed by atoms with E-state index in [1.165, 1.54) is 16.3 Å². The van der Waals surface area contributed by atoms with Crippen LogP contribution in [0.3, 0.4) is 0 Å². The normalized spacial score (nSPS) is 11.5. The maximum Gasteiger partial charge on any atom is 0.145 e. The molecule has 7 heteroatoms. The Bertz CT molecular complexity index is 2770. The van der Waals surface area contributed by atoms with Gasteiger partial charge in [-0.2, -0.15) is 0 Å². The van der Waals surface area contributed by atoms with Gasteiger partial charge in [0.05, 0.1) is 11.0 Å². The minimum absolute atomic E-state index is 0.309. The average Bonchev–Trinajstić information content (AvgIpc) is 3.58. The molecule has 2 heterocycles. The quantitative estimate of drug-likeness (QED) is 0.150. The number of rotatable bonds is 5. The molecule has 52 heavy (non-hydrogen) atoms. The number of para-hydroxylation sites is 2. The molecule has 9 rings (SSSR count). The van der Waals surface area contributed by atoms with E-state index in [1.807, 2.05) is 48.0 Å². The van der Waals surface area contributed by atoms with Gasteiger partial charge in [0.25, 0.3) is 0 Å². The zero-order valence-electron chi connectivity index (χ0n) is 28.5. The Labute approximate surface area is 308 Å². The Morgan fingerprint density at radius 3 is 1.63 bits per heavy atom. The second-order valence-corrected chi connectivity index (χ2v) is 13.1. The maximum absolute atomic E-state index is 6.76. The van der Waals surface area contributed by atoms with Gasteiger partial charge in [-0.1, -0.05) is 120 Å². The second-order valence-electron chi connectivity index (χ2n) is 13.1. The summed E-state index contributed by atoms with van der Waals surface area (Å²) in [7, 11) is 26.2. The molecule has 2 aromatic heterocycles. The van der Waals surface area contributed by atoms with Gasteiger partial charge in [-0.15, -0.1) is 10.9 Å². The van der Waals surface area contributed by atoms with E-state index in [1.54, 1.807) is 6.20 Å². The SMILES string of the molecule is [B]c1c([B])c(C)c([B])c(-n2c(-c3cccc(-c4c5ccccc5c(-c5cccc(-c6cccnc6)c5)c5ccccc45)c3)nc3ccccc32)c1[B]. The number of benzene rings is 7. The van der Waals surface area contributed by atoms with Crippen molar-refractivity contribution in [2.24, 2.45) is 0 Å². The van der Waals surface area contributed by atoms with Crippen molar-refractivity contribution < 1.29 is 0 Å². The Balaban J connectivity index is 1.29. The third-order valence-electron chi connectivity index (χ3n) is 10.2. The zero-order valence-corrected chi connectivity index (χ0v) is 28.5. The van der Waals surface area contributed by atoms with E-state index < -0.39 is 0 Å². The summed E-state index contributed by atoms with van der Waals surface area (Å²) < 4.78 is 2.01. The van der Waals surface area contributed by atoms with Crippen molar-refractivity contribution in [2.45, 2.75) is 6.92 Å². The largest absolute Gasteiger partial charge is 0.294 e. The Morgan fingerprint density at radius 2 is 1.02 bits per heavy atom. The Hall–Kier alpha value is -6.06. The van der Waals surface area contributed by atoms with Crippen LogP contribution in [-0.4, -0.2) is 45.9 Å². The number of aromatic nitrogens is 3. The van der Waals surface area contributed by atoms with Crippen molar-refractivity contribution in [3.63, 3.8) is 0 Å². The molecule has 0 amide bonds. The van der Waals surface area contributed by atoms with Crippen molar-refractivity contribution in [1.82, 2.24) is 14.5 Å². The summed E-state index contributed by atoms with van der Waals surface area (Å²) in [4.78, 5) is 9.51. The molecular formula is C45H27B4N3. The highest BCUT2D eigenvalue weighted by Crippen LogP contribution is 2.44. The first-order valence-corrected chi connectivity index (χ1v) is 17.2. The summed E-state index contributed by atoms with van der Waals surface area (Å²) in [6, 6.07) is 46.6. The van der Waals surface area contributed by atoms with Crippen LogP contribution in [0, 0.1) is 6.92 Å². The van der Waals surface area contributed by atoms with Crippen LogP contribution in [0.25, 0.3) is 83.0 Å². The molecule has 0 aliphatic heterocycles. The van der Waals surface area contributed by atoms with E-state index in [4.69, 9.17) is 36.4 Å². The van der Waals surface area contributed by atoms with Gasteiger partial charge in [0.2, 0.25) is 0 Å². The lowest BCUT2D eigenvalue weighted by molar-refractivity contribution is 1.12. The van der Waals surface area contributed by atoms with Gasteiger partial charge in [-0.05, 0) is 86.6 Å². The number of imidazole rings is 1. The topological polar surface area (TPSA) is 30.7 Å². The standard InChI is InChI=1S/C45H27B4N3/c1-26-40(46)42(48)43(49)44(41(26)47)52-37-21-7-6-20-36(37)51-45(52)30-14-9-13-29(24-30)39-34-18-4-2-16-32(34)38(33-17-3-5-19-35(33)39)28-12-8-11-27(23-28)31-15-10-22-50-25-31/h2-25H,1H3. The second kappa shape index (κ2) is 12.6. The summed E-state index contributed by atoms with van der Waals surface area (Å²) >= 11 is 0.